The number of hydrogen-bond donors (Lipinski definition) is 0. The molecule has 0 atom stereocenters. The SMILES string of the molecule is Cc1cccc(N2C(=O)/C(=C/c3ccc(-c4ccc(Br)cc4)o3)SC2=S)c1. The van der Waals surface area contributed by atoms with Gasteiger partial charge in [0.15, 0.2) is 4.32 Å². The number of carbonyl (C=O) groups is 1. The summed E-state index contributed by atoms with van der Waals surface area (Å²) in [5.41, 5.74) is 2.84. The van der Waals surface area contributed by atoms with Crippen molar-refractivity contribution in [2.45, 2.75) is 6.92 Å². The van der Waals surface area contributed by atoms with Crippen LogP contribution in [0.4, 0.5) is 5.69 Å². The largest absolute Gasteiger partial charge is 0.457 e. The Hall–Kier alpha value is -2.15. The van der Waals surface area contributed by atoms with Gasteiger partial charge in [-0.2, -0.15) is 0 Å². The summed E-state index contributed by atoms with van der Waals surface area (Å²) in [4.78, 5) is 15.0. The summed E-state index contributed by atoms with van der Waals surface area (Å²) < 4.78 is 7.43. The highest BCUT2D eigenvalue weighted by molar-refractivity contribution is 9.10. The van der Waals surface area contributed by atoms with E-state index >= 15 is 0 Å². The van der Waals surface area contributed by atoms with Gasteiger partial charge >= 0.3 is 0 Å². The second-order valence-corrected chi connectivity index (χ2v) is 8.66. The smallest absolute Gasteiger partial charge is 0.270 e. The molecule has 0 saturated carbocycles. The van der Waals surface area contributed by atoms with Gasteiger partial charge in [0.2, 0.25) is 0 Å². The molecule has 1 amide bonds. The van der Waals surface area contributed by atoms with Crippen molar-refractivity contribution in [3.63, 3.8) is 0 Å². The molecule has 2 heterocycles. The molecule has 134 valence electrons. The number of thioether (sulfide) groups is 1. The molecule has 0 N–H and O–H groups in total. The number of thiocarbonyl (C=S) groups is 1. The first-order valence-electron chi connectivity index (χ1n) is 8.22. The quantitative estimate of drug-likeness (QED) is 0.336. The normalized spacial score (nSPS) is 15.8. The number of anilines is 1. The lowest BCUT2D eigenvalue weighted by Crippen LogP contribution is -2.27. The van der Waals surface area contributed by atoms with Crippen molar-refractivity contribution >= 4 is 61.9 Å². The van der Waals surface area contributed by atoms with Crippen LogP contribution in [0, 0.1) is 6.92 Å². The molecule has 4 rings (SSSR count). The van der Waals surface area contributed by atoms with Crippen molar-refractivity contribution in [2.75, 3.05) is 4.90 Å². The Bertz CT molecular complexity index is 1070. The maximum Gasteiger partial charge on any atom is 0.270 e. The number of halogens is 1. The number of aryl methyl sites for hydroxylation is 1. The van der Waals surface area contributed by atoms with Gasteiger partial charge in [0, 0.05) is 16.1 Å². The molecule has 3 aromatic rings. The summed E-state index contributed by atoms with van der Waals surface area (Å²) in [5.74, 6) is 1.25. The molecule has 3 nitrogen and oxygen atoms in total. The van der Waals surface area contributed by atoms with Crippen molar-refractivity contribution in [1.29, 1.82) is 0 Å². The van der Waals surface area contributed by atoms with Crippen molar-refractivity contribution in [3.8, 4) is 11.3 Å². The van der Waals surface area contributed by atoms with E-state index in [1.807, 2.05) is 67.6 Å². The van der Waals surface area contributed by atoms with E-state index in [0.29, 0.717) is 15.0 Å². The third-order valence-electron chi connectivity index (χ3n) is 4.08. The van der Waals surface area contributed by atoms with Gasteiger partial charge in [-0.1, -0.05) is 64.2 Å². The van der Waals surface area contributed by atoms with Crippen molar-refractivity contribution in [1.82, 2.24) is 0 Å². The number of furan rings is 1. The predicted molar refractivity (Wildman–Crippen MR) is 119 cm³/mol. The summed E-state index contributed by atoms with van der Waals surface area (Å²) in [7, 11) is 0. The van der Waals surface area contributed by atoms with E-state index in [4.69, 9.17) is 16.6 Å². The molecule has 0 spiro atoms. The lowest BCUT2D eigenvalue weighted by atomic mass is 10.2. The van der Waals surface area contributed by atoms with E-state index in [1.54, 1.807) is 11.0 Å². The minimum absolute atomic E-state index is 0.128. The molecule has 0 aliphatic carbocycles. The van der Waals surface area contributed by atoms with Gasteiger partial charge in [0.05, 0.1) is 10.6 Å². The van der Waals surface area contributed by atoms with Crippen molar-refractivity contribution in [2.24, 2.45) is 0 Å². The van der Waals surface area contributed by atoms with Crippen LogP contribution in [0.5, 0.6) is 0 Å². The van der Waals surface area contributed by atoms with Crippen LogP contribution in [0.2, 0.25) is 0 Å². The highest BCUT2D eigenvalue weighted by atomic mass is 79.9. The van der Waals surface area contributed by atoms with Crippen LogP contribution < -0.4 is 4.90 Å². The Morgan fingerprint density at radius 3 is 2.63 bits per heavy atom. The highest BCUT2D eigenvalue weighted by Crippen LogP contribution is 2.36. The highest BCUT2D eigenvalue weighted by Gasteiger charge is 2.33. The monoisotopic (exact) mass is 455 g/mol. The Morgan fingerprint density at radius 1 is 1.11 bits per heavy atom. The van der Waals surface area contributed by atoms with Crippen LogP contribution in [-0.4, -0.2) is 10.2 Å². The van der Waals surface area contributed by atoms with Crippen molar-refractivity contribution < 1.29 is 9.21 Å². The number of amides is 1. The van der Waals surface area contributed by atoms with Crippen LogP contribution >= 0.6 is 39.9 Å². The maximum absolute atomic E-state index is 12.8. The molecule has 1 saturated heterocycles. The second-order valence-electron chi connectivity index (χ2n) is 6.07. The zero-order valence-corrected chi connectivity index (χ0v) is 17.5. The fraction of sp³-hybridized carbons (Fsp3) is 0.0476. The van der Waals surface area contributed by atoms with Crippen LogP contribution in [-0.2, 0) is 4.79 Å². The van der Waals surface area contributed by atoms with E-state index in [0.717, 1.165) is 27.0 Å². The van der Waals surface area contributed by atoms with E-state index in [1.165, 1.54) is 11.8 Å². The second kappa shape index (κ2) is 7.46. The van der Waals surface area contributed by atoms with Gasteiger partial charge in [0.25, 0.3) is 5.91 Å². The van der Waals surface area contributed by atoms with Crippen LogP contribution in [0.3, 0.4) is 0 Å². The number of hydrogen-bond acceptors (Lipinski definition) is 4. The number of nitrogens with zero attached hydrogens (tertiary/aromatic N) is 1. The molecule has 6 heteroatoms. The van der Waals surface area contributed by atoms with E-state index in [-0.39, 0.29) is 5.91 Å². The first-order chi connectivity index (χ1) is 13.0. The Kier molecular flexibility index (Phi) is 5.04. The lowest BCUT2D eigenvalue weighted by Gasteiger charge is -2.14. The Morgan fingerprint density at radius 2 is 1.89 bits per heavy atom. The Labute approximate surface area is 175 Å². The molecular formula is C21H14BrNO2S2. The summed E-state index contributed by atoms with van der Waals surface area (Å²) in [5, 5.41) is 0. The molecule has 1 fully saturated rings. The van der Waals surface area contributed by atoms with Gasteiger partial charge in [-0.15, -0.1) is 0 Å². The summed E-state index contributed by atoms with van der Waals surface area (Å²) in [6.07, 6.45) is 1.75. The number of benzene rings is 2. The molecule has 1 aliphatic rings. The van der Waals surface area contributed by atoms with Crippen molar-refractivity contribution in [3.05, 3.63) is 81.4 Å². The first-order valence-corrected chi connectivity index (χ1v) is 10.2. The summed E-state index contributed by atoms with van der Waals surface area (Å²) >= 11 is 10.1. The number of rotatable bonds is 3. The van der Waals surface area contributed by atoms with Crippen LogP contribution in [0.25, 0.3) is 17.4 Å². The van der Waals surface area contributed by atoms with Gasteiger partial charge in [-0.25, -0.2) is 0 Å². The third-order valence-corrected chi connectivity index (χ3v) is 5.91. The fourth-order valence-electron chi connectivity index (χ4n) is 2.79. The standard InChI is InChI=1S/C21H14BrNO2S2/c1-13-3-2-4-16(11-13)23-20(24)19(27-21(23)26)12-17-9-10-18(25-17)14-5-7-15(22)8-6-14/h2-12H,1H3/b19-12-. The maximum atomic E-state index is 12.8. The topological polar surface area (TPSA) is 33.5 Å². The predicted octanol–water partition coefficient (Wildman–Crippen LogP) is 6.42. The van der Waals surface area contributed by atoms with Gasteiger partial charge in [-0.3, -0.25) is 9.69 Å². The van der Waals surface area contributed by atoms with Crippen LogP contribution in [0.15, 0.2) is 74.5 Å². The van der Waals surface area contributed by atoms with Gasteiger partial charge in [-0.05, 0) is 48.9 Å². The zero-order valence-electron chi connectivity index (χ0n) is 14.3. The molecule has 0 unspecified atom stereocenters. The van der Waals surface area contributed by atoms with Gasteiger partial charge < -0.3 is 4.42 Å². The molecule has 2 aromatic carbocycles. The fourth-order valence-corrected chi connectivity index (χ4v) is 4.33. The Balaban J connectivity index is 1.61. The average molecular weight is 456 g/mol. The molecule has 0 radical (unpaired) electrons. The third kappa shape index (κ3) is 3.78. The molecular weight excluding hydrogens is 442 g/mol. The lowest BCUT2D eigenvalue weighted by molar-refractivity contribution is -0.113. The zero-order chi connectivity index (χ0) is 19.0. The van der Waals surface area contributed by atoms with E-state index < -0.39 is 0 Å². The number of carbonyl (C=O) groups excluding carboxylic acids is 1. The van der Waals surface area contributed by atoms with E-state index in [9.17, 15) is 4.79 Å². The van der Waals surface area contributed by atoms with Gasteiger partial charge in [0.1, 0.15) is 11.5 Å². The minimum Gasteiger partial charge on any atom is -0.457 e. The average Bonchev–Trinajstić information content (AvgIpc) is 3.21. The molecule has 1 aliphatic heterocycles. The molecule has 0 bridgehead atoms. The van der Waals surface area contributed by atoms with Crippen LogP contribution in [0.1, 0.15) is 11.3 Å². The minimum atomic E-state index is -0.128. The first kappa shape index (κ1) is 18.2. The summed E-state index contributed by atoms with van der Waals surface area (Å²) in [6.45, 7) is 1.99. The van der Waals surface area contributed by atoms with E-state index in [2.05, 4.69) is 15.9 Å². The molecule has 1 aromatic heterocycles. The molecule has 27 heavy (non-hydrogen) atoms. The summed E-state index contributed by atoms with van der Waals surface area (Å²) in [6, 6.07) is 19.4.